The number of piperidine rings is 1. The van der Waals surface area contributed by atoms with Crippen LogP contribution < -0.4 is 4.72 Å². The number of sulfonamides is 1. The summed E-state index contributed by atoms with van der Waals surface area (Å²) in [5.41, 5.74) is 1.17. The summed E-state index contributed by atoms with van der Waals surface area (Å²) >= 11 is 0. The van der Waals surface area contributed by atoms with Crippen LogP contribution in [0.4, 0.5) is 0 Å². The molecule has 1 unspecified atom stereocenters. The second kappa shape index (κ2) is 10.4. The Morgan fingerprint density at radius 3 is 2.79 bits per heavy atom. The van der Waals surface area contributed by atoms with Gasteiger partial charge >= 0.3 is 0 Å². The molecule has 2 aromatic heterocycles. The van der Waals surface area contributed by atoms with Crippen molar-refractivity contribution in [2.75, 3.05) is 26.8 Å². The molecule has 34 heavy (non-hydrogen) atoms. The lowest BCUT2D eigenvalue weighted by Gasteiger charge is -2.34. The van der Waals surface area contributed by atoms with Gasteiger partial charge in [0, 0.05) is 56.6 Å². The van der Waals surface area contributed by atoms with Gasteiger partial charge in [-0.15, -0.1) is 0 Å². The fourth-order valence-corrected chi connectivity index (χ4v) is 5.97. The van der Waals surface area contributed by atoms with E-state index < -0.39 is 16.1 Å². The van der Waals surface area contributed by atoms with E-state index in [0.717, 1.165) is 12.8 Å². The number of aromatic nitrogens is 2. The van der Waals surface area contributed by atoms with E-state index in [0.29, 0.717) is 48.8 Å². The lowest BCUT2D eigenvalue weighted by atomic mass is 9.97. The Morgan fingerprint density at radius 2 is 2.06 bits per heavy atom. The van der Waals surface area contributed by atoms with Crippen molar-refractivity contribution in [2.24, 2.45) is 5.92 Å². The van der Waals surface area contributed by atoms with Gasteiger partial charge in [-0.3, -0.25) is 4.79 Å². The lowest BCUT2D eigenvalue weighted by Crippen LogP contribution is -2.51. The zero-order valence-electron chi connectivity index (χ0n) is 19.1. The molecule has 2 N–H and O–H groups in total. The minimum atomic E-state index is -3.98. The molecule has 0 radical (unpaired) electrons. The molecular formula is C24H29N5O4S. The summed E-state index contributed by atoms with van der Waals surface area (Å²) in [6.45, 7) is 2.11. The third kappa shape index (κ3) is 5.17. The number of rotatable bonds is 9. The number of aryl methyl sites for hydroxylation is 1. The number of ether oxygens (including phenoxy) is 1. The fourth-order valence-electron chi connectivity index (χ4n) is 4.53. The number of carbonyl (C=O) groups excluding carboxylic acids is 1. The van der Waals surface area contributed by atoms with Gasteiger partial charge in [-0.25, -0.2) is 8.42 Å². The van der Waals surface area contributed by atoms with Crippen LogP contribution in [-0.4, -0.2) is 61.6 Å². The minimum Gasteiger partial charge on any atom is -0.384 e. The number of nitrogens with zero attached hydrogens (tertiary/aromatic N) is 3. The first-order valence-corrected chi connectivity index (χ1v) is 12.8. The topological polar surface area (TPSA) is 120 Å². The normalized spacial score (nSPS) is 15.9. The Kier molecular flexibility index (Phi) is 7.36. The van der Waals surface area contributed by atoms with E-state index in [1.807, 2.05) is 0 Å². The van der Waals surface area contributed by atoms with Gasteiger partial charge in [0.1, 0.15) is 17.8 Å². The van der Waals surface area contributed by atoms with E-state index in [4.69, 9.17) is 4.74 Å². The van der Waals surface area contributed by atoms with Crippen molar-refractivity contribution in [1.29, 1.82) is 5.26 Å². The van der Waals surface area contributed by atoms with E-state index >= 15 is 0 Å². The van der Waals surface area contributed by atoms with Crippen LogP contribution in [0.1, 0.15) is 25.0 Å². The Morgan fingerprint density at radius 1 is 1.26 bits per heavy atom. The molecule has 180 valence electrons. The van der Waals surface area contributed by atoms with Gasteiger partial charge in [-0.1, -0.05) is 6.07 Å². The summed E-state index contributed by atoms with van der Waals surface area (Å²) in [6.07, 6.45) is 5.30. The predicted molar refractivity (Wildman–Crippen MR) is 127 cm³/mol. The maximum absolute atomic E-state index is 13.5. The third-order valence-corrected chi connectivity index (χ3v) is 7.90. The molecule has 0 aliphatic carbocycles. The van der Waals surface area contributed by atoms with Crippen molar-refractivity contribution in [3.63, 3.8) is 0 Å². The van der Waals surface area contributed by atoms with Crippen molar-refractivity contribution in [3.05, 3.63) is 54.5 Å². The number of hydrogen-bond acceptors (Lipinski definition) is 5. The quantitative estimate of drug-likeness (QED) is 0.484. The first-order valence-electron chi connectivity index (χ1n) is 11.3. The number of hydrogen-bond donors (Lipinski definition) is 2. The fraction of sp³-hybridized carbons (Fsp3) is 0.417. The molecule has 3 heterocycles. The molecule has 0 spiro atoms. The summed E-state index contributed by atoms with van der Waals surface area (Å²) in [6, 6.07) is 11.3. The minimum absolute atomic E-state index is 0.126. The molecule has 9 nitrogen and oxygen atoms in total. The highest BCUT2D eigenvalue weighted by molar-refractivity contribution is 7.89. The molecule has 1 aromatic carbocycles. The first kappa shape index (κ1) is 24.0. The van der Waals surface area contributed by atoms with Crippen LogP contribution in [0.5, 0.6) is 0 Å². The second-order valence-corrected chi connectivity index (χ2v) is 10.3. The van der Waals surface area contributed by atoms with Crippen LogP contribution in [0.2, 0.25) is 0 Å². The van der Waals surface area contributed by atoms with E-state index in [9.17, 15) is 18.5 Å². The zero-order valence-corrected chi connectivity index (χ0v) is 19.9. The maximum Gasteiger partial charge on any atom is 0.241 e. The van der Waals surface area contributed by atoms with Crippen molar-refractivity contribution < 1.29 is 17.9 Å². The SMILES string of the molecule is COCC1CCN(C(=O)C(CCn2cccc2C#N)NS(=O)(=O)c2cccc3[nH]ccc23)CC1. The molecule has 0 bridgehead atoms. The highest BCUT2D eigenvalue weighted by Crippen LogP contribution is 2.24. The van der Waals surface area contributed by atoms with Crippen LogP contribution in [0.3, 0.4) is 0 Å². The van der Waals surface area contributed by atoms with Crippen LogP contribution in [0, 0.1) is 17.2 Å². The standard InChI is InChI=1S/C24H29N5O4S/c1-33-17-18-8-13-29(14-9-18)24(30)22(10-15-28-12-3-4-19(28)16-25)27-34(31,32)23-6-2-5-21-20(23)7-11-26-21/h2-7,11-12,18,22,26-27H,8-10,13-15,17H2,1H3. The van der Waals surface area contributed by atoms with E-state index in [2.05, 4.69) is 15.8 Å². The lowest BCUT2D eigenvalue weighted by molar-refractivity contribution is -0.134. The number of likely N-dealkylation sites (tertiary alicyclic amines) is 1. The average Bonchev–Trinajstić information content (AvgIpc) is 3.50. The zero-order chi connectivity index (χ0) is 24.1. The van der Waals surface area contributed by atoms with Gasteiger partial charge in [0.15, 0.2) is 0 Å². The number of H-pyrrole nitrogens is 1. The molecule has 1 fully saturated rings. The highest BCUT2D eigenvalue weighted by Gasteiger charge is 2.32. The molecule has 1 amide bonds. The van der Waals surface area contributed by atoms with Gasteiger partial charge in [-0.05, 0) is 55.5 Å². The Labute approximate surface area is 199 Å². The van der Waals surface area contributed by atoms with Crippen LogP contribution in [0.25, 0.3) is 10.9 Å². The molecular weight excluding hydrogens is 454 g/mol. The monoisotopic (exact) mass is 483 g/mol. The van der Waals surface area contributed by atoms with Crippen molar-refractivity contribution >= 4 is 26.8 Å². The van der Waals surface area contributed by atoms with Gasteiger partial charge in [-0.2, -0.15) is 9.98 Å². The Bertz CT molecular complexity index is 1280. The molecule has 3 aromatic rings. The number of carbonyl (C=O) groups is 1. The van der Waals surface area contributed by atoms with Crippen LogP contribution >= 0.6 is 0 Å². The molecule has 1 atom stereocenters. The largest absolute Gasteiger partial charge is 0.384 e. The van der Waals surface area contributed by atoms with Gasteiger partial charge in [0.25, 0.3) is 0 Å². The van der Waals surface area contributed by atoms with Crippen molar-refractivity contribution in [2.45, 2.75) is 36.7 Å². The van der Waals surface area contributed by atoms with E-state index in [1.54, 1.807) is 59.3 Å². The maximum atomic E-state index is 13.5. The summed E-state index contributed by atoms with van der Waals surface area (Å²) in [5, 5.41) is 9.87. The molecule has 1 saturated heterocycles. The summed E-state index contributed by atoms with van der Waals surface area (Å²) in [5.74, 6) is 0.153. The van der Waals surface area contributed by atoms with Crippen LogP contribution in [-0.2, 0) is 26.1 Å². The van der Waals surface area contributed by atoms with Gasteiger partial charge < -0.3 is 19.2 Å². The van der Waals surface area contributed by atoms with E-state index in [1.165, 1.54) is 6.07 Å². The Balaban J connectivity index is 1.56. The summed E-state index contributed by atoms with van der Waals surface area (Å²) < 4.78 is 36.4. The Hall–Kier alpha value is -3.13. The average molecular weight is 484 g/mol. The van der Waals surface area contributed by atoms with Gasteiger partial charge in [0.2, 0.25) is 15.9 Å². The summed E-state index contributed by atoms with van der Waals surface area (Å²) in [7, 11) is -2.31. The number of fused-ring (bicyclic) bond motifs is 1. The summed E-state index contributed by atoms with van der Waals surface area (Å²) in [4.78, 5) is 18.4. The number of aromatic amines is 1. The molecule has 10 heteroatoms. The number of methoxy groups -OCH3 is 1. The van der Waals surface area contributed by atoms with Crippen molar-refractivity contribution in [3.8, 4) is 6.07 Å². The number of nitriles is 1. The number of nitrogens with one attached hydrogen (secondary N) is 2. The third-order valence-electron chi connectivity index (χ3n) is 6.37. The van der Waals surface area contributed by atoms with E-state index in [-0.39, 0.29) is 17.2 Å². The molecule has 4 rings (SSSR count). The highest BCUT2D eigenvalue weighted by atomic mass is 32.2. The molecule has 0 saturated carbocycles. The molecule has 1 aliphatic heterocycles. The van der Waals surface area contributed by atoms with Crippen molar-refractivity contribution in [1.82, 2.24) is 19.2 Å². The predicted octanol–water partition coefficient (Wildman–Crippen LogP) is 2.46. The number of amides is 1. The number of benzene rings is 1. The smallest absolute Gasteiger partial charge is 0.241 e. The van der Waals surface area contributed by atoms with Crippen LogP contribution in [0.15, 0.2) is 53.7 Å². The second-order valence-electron chi connectivity index (χ2n) is 8.58. The van der Waals surface area contributed by atoms with Gasteiger partial charge in [0.05, 0.1) is 4.90 Å². The first-order chi connectivity index (χ1) is 16.4. The molecule has 1 aliphatic rings.